The van der Waals surface area contributed by atoms with Gasteiger partial charge in [0.2, 0.25) is 15.9 Å². The number of anilines is 1. The number of nitrogens with zero attached hydrogens (tertiary/aromatic N) is 3. The van der Waals surface area contributed by atoms with Gasteiger partial charge in [-0.05, 0) is 44.9 Å². The molecule has 0 spiro atoms. The van der Waals surface area contributed by atoms with Gasteiger partial charge < -0.3 is 5.32 Å². The molecule has 2 aromatic rings. The molecular weight excluding hydrogens is 424 g/mol. The fourth-order valence-electron chi connectivity index (χ4n) is 3.35. The van der Waals surface area contributed by atoms with Crippen LogP contribution in [-0.2, 0) is 32.2 Å². The number of hydrogen-bond acceptors (Lipinski definition) is 4. The molecule has 1 amide bonds. The van der Waals surface area contributed by atoms with Gasteiger partial charge in [-0.2, -0.15) is 9.40 Å². The monoisotopic (exact) mass is 462 g/mol. The number of sulfonamides is 1. The van der Waals surface area contributed by atoms with Gasteiger partial charge in [-0.1, -0.05) is 46.8 Å². The van der Waals surface area contributed by atoms with Gasteiger partial charge in [0.25, 0.3) is 0 Å². The fourth-order valence-corrected chi connectivity index (χ4v) is 4.81. The van der Waals surface area contributed by atoms with Gasteiger partial charge in [0.1, 0.15) is 5.82 Å². The minimum absolute atomic E-state index is 0.101. The number of benzene rings is 1. The SMILES string of the molecule is CCN(CC)S(=O)(=O)c1ccc(CCC(=O)Nc2cc(C(C)(C)C)nn2C(C)(C)C)cc1. The predicted molar refractivity (Wildman–Crippen MR) is 129 cm³/mol. The first-order valence-corrected chi connectivity index (χ1v) is 12.6. The van der Waals surface area contributed by atoms with Crippen molar-refractivity contribution in [2.75, 3.05) is 18.4 Å². The van der Waals surface area contributed by atoms with E-state index in [1.165, 1.54) is 4.31 Å². The zero-order valence-electron chi connectivity index (χ0n) is 20.7. The summed E-state index contributed by atoms with van der Waals surface area (Å²) in [5.41, 5.74) is 1.45. The molecule has 0 unspecified atom stereocenters. The Morgan fingerprint density at radius 2 is 1.59 bits per heavy atom. The molecule has 0 aliphatic rings. The molecular formula is C24H38N4O3S. The standard InChI is InChI=1S/C24H38N4O3S/c1-9-27(10-2)32(30,31)19-14-11-18(12-15-19)13-16-22(29)25-21-17-20(23(3,4)5)26-28(21)24(6,7)8/h11-12,14-15,17H,9-10,13,16H2,1-8H3,(H,25,29). The van der Waals surface area contributed by atoms with Crippen LogP contribution in [-0.4, -0.2) is 41.5 Å². The van der Waals surface area contributed by atoms with Crippen LogP contribution >= 0.6 is 0 Å². The quantitative estimate of drug-likeness (QED) is 0.624. The highest BCUT2D eigenvalue weighted by molar-refractivity contribution is 7.89. The molecule has 0 bridgehead atoms. The first kappa shape index (κ1) is 26.1. The highest BCUT2D eigenvalue weighted by Gasteiger charge is 2.26. The minimum Gasteiger partial charge on any atom is -0.311 e. The molecule has 1 heterocycles. The first-order valence-electron chi connectivity index (χ1n) is 11.2. The minimum atomic E-state index is -3.47. The van der Waals surface area contributed by atoms with Crippen molar-refractivity contribution >= 4 is 21.7 Å². The molecule has 2 rings (SSSR count). The van der Waals surface area contributed by atoms with Gasteiger partial charge in [-0.15, -0.1) is 0 Å². The average molecular weight is 463 g/mol. The van der Waals surface area contributed by atoms with Gasteiger partial charge in [0, 0.05) is 31.0 Å². The van der Waals surface area contributed by atoms with Crippen LogP contribution in [0.25, 0.3) is 0 Å². The third-order valence-electron chi connectivity index (χ3n) is 5.29. The summed E-state index contributed by atoms with van der Waals surface area (Å²) in [4.78, 5) is 12.9. The molecule has 1 aromatic heterocycles. The Morgan fingerprint density at radius 1 is 1.03 bits per heavy atom. The molecule has 1 N–H and O–H groups in total. The number of aromatic nitrogens is 2. The number of rotatable bonds is 8. The van der Waals surface area contributed by atoms with Crippen molar-refractivity contribution < 1.29 is 13.2 Å². The zero-order chi connectivity index (χ0) is 24.3. The average Bonchev–Trinajstić information content (AvgIpc) is 3.12. The van der Waals surface area contributed by atoms with Gasteiger partial charge in [-0.3, -0.25) is 4.79 Å². The van der Waals surface area contributed by atoms with E-state index in [-0.39, 0.29) is 21.8 Å². The second-order valence-corrected chi connectivity index (χ2v) is 12.0. The summed E-state index contributed by atoms with van der Waals surface area (Å²) in [6.45, 7) is 17.0. The summed E-state index contributed by atoms with van der Waals surface area (Å²) in [7, 11) is -3.47. The van der Waals surface area contributed by atoms with Crippen LogP contribution in [0.15, 0.2) is 35.2 Å². The molecule has 1 aromatic carbocycles. The lowest BCUT2D eigenvalue weighted by atomic mass is 9.92. The molecule has 0 radical (unpaired) electrons. The van der Waals surface area contributed by atoms with Gasteiger partial charge in [0.15, 0.2) is 0 Å². The summed E-state index contributed by atoms with van der Waals surface area (Å²) >= 11 is 0. The van der Waals surface area contributed by atoms with Crippen LogP contribution in [0.2, 0.25) is 0 Å². The fraction of sp³-hybridized carbons (Fsp3) is 0.583. The predicted octanol–water partition coefficient (Wildman–Crippen LogP) is 4.54. The highest BCUT2D eigenvalue weighted by atomic mass is 32.2. The lowest BCUT2D eigenvalue weighted by molar-refractivity contribution is -0.116. The van der Waals surface area contributed by atoms with Crippen LogP contribution in [0.1, 0.15) is 73.1 Å². The summed E-state index contributed by atoms with van der Waals surface area (Å²) in [6, 6.07) is 8.73. The van der Waals surface area contributed by atoms with E-state index in [4.69, 9.17) is 5.10 Å². The van der Waals surface area contributed by atoms with Crippen LogP contribution in [0.3, 0.4) is 0 Å². The summed E-state index contributed by atoms with van der Waals surface area (Å²) in [5.74, 6) is 0.587. The van der Waals surface area contributed by atoms with Crippen molar-refractivity contribution in [3.05, 3.63) is 41.6 Å². The molecule has 0 saturated heterocycles. The first-order chi connectivity index (χ1) is 14.7. The van der Waals surface area contributed by atoms with Crippen LogP contribution in [0.5, 0.6) is 0 Å². The zero-order valence-corrected chi connectivity index (χ0v) is 21.5. The Morgan fingerprint density at radius 3 is 2.06 bits per heavy atom. The van der Waals surface area contributed by atoms with Crippen molar-refractivity contribution in [1.29, 1.82) is 0 Å². The molecule has 0 fully saturated rings. The van der Waals surface area contributed by atoms with Crippen LogP contribution in [0, 0.1) is 0 Å². The van der Waals surface area contributed by atoms with Crippen molar-refractivity contribution in [2.45, 2.75) is 84.1 Å². The second kappa shape index (κ2) is 9.75. The Kier molecular flexibility index (Phi) is 7.94. The molecule has 0 atom stereocenters. The molecule has 8 heteroatoms. The van der Waals surface area contributed by atoms with E-state index in [0.717, 1.165) is 11.3 Å². The largest absolute Gasteiger partial charge is 0.311 e. The number of amides is 1. The van der Waals surface area contributed by atoms with E-state index in [1.807, 2.05) is 24.6 Å². The molecule has 178 valence electrons. The number of aryl methyl sites for hydroxylation is 1. The Bertz CT molecular complexity index is 1020. The van der Waals surface area contributed by atoms with Crippen LogP contribution in [0.4, 0.5) is 5.82 Å². The van der Waals surface area contributed by atoms with E-state index >= 15 is 0 Å². The number of carbonyl (C=O) groups excluding carboxylic acids is 1. The molecule has 0 aliphatic heterocycles. The third kappa shape index (κ3) is 6.19. The second-order valence-electron chi connectivity index (χ2n) is 10.0. The number of hydrogen-bond donors (Lipinski definition) is 1. The Labute approximate surface area is 193 Å². The summed E-state index contributed by atoms with van der Waals surface area (Å²) in [5, 5.41) is 7.73. The van der Waals surface area contributed by atoms with Crippen molar-refractivity contribution in [3.63, 3.8) is 0 Å². The van der Waals surface area contributed by atoms with E-state index < -0.39 is 10.0 Å². The third-order valence-corrected chi connectivity index (χ3v) is 7.35. The van der Waals surface area contributed by atoms with E-state index in [2.05, 4.69) is 46.9 Å². The lowest BCUT2D eigenvalue weighted by Gasteiger charge is -2.23. The maximum atomic E-state index is 12.7. The molecule has 32 heavy (non-hydrogen) atoms. The summed E-state index contributed by atoms with van der Waals surface area (Å²) < 4.78 is 28.5. The van der Waals surface area contributed by atoms with Crippen molar-refractivity contribution in [1.82, 2.24) is 14.1 Å². The van der Waals surface area contributed by atoms with Crippen molar-refractivity contribution in [2.24, 2.45) is 0 Å². The van der Waals surface area contributed by atoms with Crippen LogP contribution < -0.4 is 5.32 Å². The highest BCUT2D eigenvalue weighted by Crippen LogP contribution is 2.28. The summed E-state index contributed by atoms with van der Waals surface area (Å²) in [6.07, 6.45) is 0.815. The molecule has 7 nitrogen and oxygen atoms in total. The van der Waals surface area contributed by atoms with Gasteiger partial charge in [-0.25, -0.2) is 13.1 Å². The van der Waals surface area contributed by atoms with E-state index in [1.54, 1.807) is 24.3 Å². The lowest BCUT2D eigenvalue weighted by Crippen LogP contribution is -2.30. The maximum Gasteiger partial charge on any atom is 0.243 e. The molecule has 0 saturated carbocycles. The topological polar surface area (TPSA) is 84.3 Å². The molecule has 0 aliphatic carbocycles. The van der Waals surface area contributed by atoms with Gasteiger partial charge in [0.05, 0.1) is 16.1 Å². The maximum absolute atomic E-state index is 12.7. The smallest absolute Gasteiger partial charge is 0.243 e. The van der Waals surface area contributed by atoms with Crippen molar-refractivity contribution in [3.8, 4) is 0 Å². The van der Waals surface area contributed by atoms with E-state index in [0.29, 0.717) is 31.7 Å². The number of carbonyl (C=O) groups is 1. The normalized spacial score (nSPS) is 12.9. The number of nitrogens with one attached hydrogen (secondary N) is 1. The Hall–Kier alpha value is -2.19. The Balaban J connectivity index is 2.09. The van der Waals surface area contributed by atoms with E-state index in [9.17, 15) is 13.2 Å². The van der Waals surface area contributed by atoms with Gasteiger partial charge >= 0.3 is 0 Å².